The molecule has 0 radical (unpaired) electrons. The first-order valence-corrected chi connectivity index (χ1v) is 6.40. The molecule has 0 fully saturated rings. The predicted molar refractivity (Wildman–Crippen MR) is 74.5 cm³/mol. The summed E-state index contributed by atoms with van der Waals surface area (Å²) < 4.78 is 2.12. The van der Waals surface area contributed by atoms with E-state index in [1.807, 2.05) is 12.1 Å². The molecule has 0 aromatic carbocycles. The van der Waals surface area contributed by atoms with Gasteiger partial charge in [0.1, 0.15) is 0 Å². The van der Waals surface area contributed by atoms with Crippen LogP contribution in [0.3, 0.4) is 0 Å². The highest BCUT2D eigenvalue weighted by Gasteiger charge is 2.22. The molecule has 0 atom stereocenters. The van der Waals surface area contributed by atoms with Gasteiger partial charge in [0, 0.05) is 35.1 Å². The number of nitrogens with zero attached hydrogens (tertiary/aromatic N) is 3. The Hall–Kier alpha value is -1.64. The van der Waals surface area contributed by atoms with Gasteiger partial charge < -0.3 is 0 Å². The Kier molecular flexibility index (Phi) is 3.24. The predicted octanol–water partition coefficient (Wildman–Crippen LogP) is 3.82. The molecule has 0 saturated carbocycles. The molecule has 2 heterocycles. The topological polar surface area (TPSA) is 30.7 Å². The molecule has 0 aliphatic carbocycles. The van der Waals surface area contributed by atoms with Gasteiger partial charge in [0.2, 0.25) is 0 Å². The van der Waals surface area contributed by atoms with Crippen molar-refractivity contribution in [3.05, 3.63) is 36.3 Å². The maximum Gasteiger partial charge on any atom is 0.0927 e. The fraction of sp³-hybridized carbons (Fsp3) is 0.467. The van der Waals surface area contributed by atoms with Crippen molar-refractivity contribution in [1.82, 2.24) is 14.8 Å². The molecular formula is C15H21N3. The molecule has 0 N–H and O–H groups in total. The van der Waals surface area contributed by atoms with Gasteiger partial charge in [-0.2, -0.15) is 5.10 Å². The second-order valence-corrected chi connectivity index (χ2v) is 5.94. The molecule has 96 valence electrons. The number of rotatable bonds is 2. The normalized spacial score (nSPS) is 12.1. The summed E-state index contributed by atoms with van der Waals surface area (Å²) in [6.07, 6.45) is 3.61. The summed E-state index contributed by atoms with van der Waals surface area (Å²) in [5.41, 5.74) is 3.51. The van der Waals surface area contributed by atoms with Gasteiger partial charge in [-0.3, -0.25) is 9.67 Å². The van der Waals surface area contributed by atoms with E-state index in [2.05, 4.69) is 50.4 Å². The van der Waals surface area contributed by atoms with Gasteiger partial charge in [-0.1, -0.05) is 20.8 Å². The molecule has 0 spiro atoms. The van der Waals surface area contributed by atoms with Crippen molar-refractivity contribution >= 4 is 0 Å². The van der Waals surface area contributed by atoms with Crippen molar-refractivity contribution in [1.29, 1.82) is 0 Å². The number of aromatic nitrogens is 3. The van der Waals surface area contributed by atoms with Crippen LogP contribution in [0.25, 0.3) is 11.3 Å². The minimum absolute atomic E-state index is 0.0998. The first kappa shape index (κ1) is 12.8. The summed E-state index contributed by atoms with van der Waals surface area (Å²) in [6.45, 7) is 11.0. The van der Waals surface area contributed by atoms with Crippen LogP contribution in [-0.2, 0) is 5.41 Å². The average molecular weight is 243 g/mol. The second-order valence-electron chi connectivity index (χ2n) is 5.94. The Bertz CT molecular complexity index is 518. The molecule has 0 saturated heterocycles. The van der Waals surface area contributed by atoms with E-state index < -0.39 is 0 Å². The molecule has 0 bridgehead atoms. The Morgan fingerprint density at radius 2 is 1.72 bits per heavy atom. The van der Waals surface area contributed by atoms with Crippen molar-refractivity contribution < 1.29 is 0 Å². The van der Waals surface area contributed by atoms with Crippen LogP contribution >= 0.6 is 0 Å². The van der Waals surface area contributed by atoms with Gasteiger partial charge in [0.25, 0.3) is 0 Å². The minimum atomic E-state index is 0.0998. The highest BCUT2D eigenvalue weighted by molar-refractivity contribution is 5.58. The monoisotopic (exact) mass is 243 g/mol. The van der Waals surface area contributed by atoms with Gasteiger partial charge in [-0.15, -0.1) is 0 Å². The van der Waals surface area contributed by atoms with Gasteiger partial charge in [0.15, 0.2) is 0 Å². The van der Waals surface area contributed by atoms with Gasteiger partial charge >= 0.3 is 0 Å². The zero-order valence-corrected chi connectivity index (χ0v) is 11.8. The van der Waals surface area contributed by atoms with Gasteiger partial charge in [0.05, 0.1) is 5.69 Å². The van der Waals surface area contributed by atoms with E-state index in [0.717, 1.165) is 11.3 Å². The number of hydrogen-bond donors (Lipinski definition) is 0. The zero-order chi connectivity index (χ0) is 13.3. The summed E-state index contributed by atoms with van der Waals surface area (Å²) in [5.74, 6) is 0. The summed E-state index contributed by atoms with van der Waals surface area (Å²) in [4.78, 5) is 4.05. The number of pyridine rings is 1. The maximum atomic E-state index is 4.74. The van der Waals surface area contributed by atoms with E-state index in [9.17, 15) is 0 Å². The van der Waals surface area contributed by atoms with Crippen LogP contribution < -0.4 is 0 Å². The Morgan fingerprint density at radius 1 is 1.11 bits per heavy atom. The lowest BCUT2D eigenvalue weighted by molar-refractivity contribution is 0.447. The largest absolute Gasteiger partial charge is 0.266 e. The minimum Gasteiger partial charge on any atom is -0.266 e. The zero-order valence-electron chi connectivity index (χ0n) is 11.8. The standard InChI is InChI=1S/C15H21N3/c1-11(2)18-14(15(3,4)5)10-13(17-18)12-6-8-16-9-7-12/h6-11H,1-5H3. The lowest BCUT2D eigenvalue weighted by atomic mass is 9.91. The Morgan fingerprint density at radius 3 is 2.17 bits per heavy atom. The number of hydrogen-bond acceptors (Lipinski definition) is 2. The molecule has 2 rings (SSSR count). The van der Waals surface area contributed by atoms with Crippen LogP contribution in [0.15, 0.2) is 30.6 Å². The van der Waals surface area contributed by atoms with Crippen LogP contribution in [0.1, 0.15) is 46.4 Å². The van der Waals surface area contributed by atoms with E-state index >= 15 is 0 Å². The third kappa shape index (κ3) is 2.45. The SMILES string of the molecule is CC(C)n1nc(-c2ccncc2)cc1C(C)(C)C. The molecule has 3 nitrogen and oxygen atoms in total. The van der Waals surface area contributed by atoms with E-state index in [0.29, 0.717) is 6.04 Å². The summed E-state index contributed by atoms with van der Waals surface area (Å²) >= 11 is 0. The smallest absolute Gasteiger partial charge is 0.0927 e. The lowest BCUT2D eigenvalue weighted by Crippen LogP contribution is -2.19. The van der Waals surface area contributed by atoms with E-state index in [4.69, 9.17) is 5.10 Å². The molecule has 0 aliphatic rings. The molecule has 2 aromatic heterocycles. The van der Waals surface area contributed by atoms with Crippen molar-refractivity contribution in [2.75, 3.05) is 0 Å². The molecule has 0 unspecified atom stereocenters. The highest BCUT2D eigenvalue weighted by Crippen LogP contribution is 2.29. The summed E-state index contributed by atoms with van der Waals surface area (Å²) in [5, 5.41) is 4.74. The first-order chi connectivity index (χ1) is 8.39. The molecule has 2 aromatic rings. The fourth-order valence-corrected chi connectivity index (χ4v) is 2.01. The van der Waals surface area contributed by atoms with Crippen LogP contribution in [0.2, 0.25) is 0 Å². The molecule has 0 amide bonds. The summed E-state index contributed by atoms with van der Waals surface area (Å²) in [6, 6.07) is 6.56. The lowest BCUT2D eigenvalue weighted by Gasteiger charge is -2.22. The third-order valence-electron chi connectivity index (χ3n) is 2.97. The fourth-order valence-electron chi connectivity index (χ4n) is 2.01. The highest BCUT2D eigenvalue weighted by atomic mass is 15.3. The second kappa shape index (κ2) is 4.56. The molecule has 0 aliphatic heterocycles. The first-order valence-electron chi connectivity index (χ1n) is 6.40. The average Bonchev–Trinajstić information content (AvgIpc) is 2.74. The van der Waals surface area contributed by atoms with E-state index in [-0.39, 0.29) is 5.41 Å². The van der Waals surface area contributed by atoms with Gasteiger partial charge in [-0.25, -0.2) is 0 Å². The van der Waals surface area contributed by atoms with Crippen LogP contribution in [-0.4, -0.2) is 14.8 Å². The van der Waals surface area contributed by atoms with Crippen molar-refractivity contribution in [3.8, 4) is 11.3 Å². The molecular weight excluding hydrogens is 222 g/mol. The van der Waals surface area contributed by atoms with Crippen molar-refractivity contribution in [2.45, 2.75) is 46.1 Å². The molecule has 18 heavy (non-hydrogen) atoms. The van der Waals surface area contributed by atoms with Crippen molar-refractivity contribution in [2.24, 2.45) is 0 Å². The Balaban J connectivity index is 2.53. The van der Waals surface area contributed by atoms with E-state index in [1.165, 1.54) is 5.69 Å². The van der Waals surface area contributed by atoms with Crippen molar-refractivity contribution in [3.63, 3.8) is 0 Å². The summed E-state index contributed by atoms with van der Waals surface area (Å²) in [7, 11) is 0. The van der Waals surface area contributed by atoms with E-state index in [1.54, 1.807) is 12.4 Å². The quantitative estimate of drug-likeness (QED) is 0.802. The third-order valence-corrected chi connectivity index (χ3v) is 2.97. The Labute approximate surface area is 109 Å². The van der Waals surface area contributed by atoms with Crippen LogP contribution in [0, 0.1) is 0 Å². The maximum absolute atomic E-state index is 4.74. The van der Waals surface area contributed by atoms with Crippen LogP contribution in [0.5, 0.6) is 0 Å². The molecule has 3 heteroatoms. The van der Waals surface area contributed by atoms with Gasteiger partial charge in [-0.05, 0) is 32.0 Å². The van der Waals surface area contributed by atoms with Crippen LogP contribution in [0.4, 0.5) is 0 Å².